The maximum absolute atomic E-state index is 9.55. The largest absolute Gasteiger partial charge is 0.478 e. The number of fused-ring (bicyclic) bond motifs is 2. The maximum atomic E-state index is 9.55. The van der Waals surface area contributed by atoms with Crippen molar-refractivity contribution in [3.8, 4) is 23.8 Å². The van der Waals surface area contributed by atoms with Gasteiger partial charge in [-0.05, 0) is 30.8 Å². The number of carboxylic acid groups (broad SMARTS) is 2. The summed E-state index contributed by atoms with van der Waals surface area (Å²) in [7, 11) is 2.03. The number of aliphatic carboxylic acids is 2. The first-order valence-corrected chi connectivity index (χ1v) is 8.73. The van der Waals surface area contributed by atoms with Gasteiger partial charge in [0.05, 0.1) is 6.54 Å². The Morgan fingerprint density at radius 3 is 2.24 bits per heavy atom. The van der Waals surface area contributed by atoms with Crippen molar-refractivity contribution in [1.82, 2.24) is 4.90 Å². The summed E-state index contributed by atoms with van der Waals surface area (Å²) in [6.07, 6.45) is 8.71. The molecule has 148 valence electrons. The SMILES string of the molecule is C#CCN(C)CC1=Cc2ccccc2Oc2ccccc21.O=C(O)/C=C\C(=O)O. The molecule has 1 aliphatic heterocycles. The number of rotatable bonds is 5. The van der Waals surface area contributed by atoms with Crippen molar-refractivity contribution < 1.29 is 24.5 Å². The number of hydrogen-bond donors (Lipinski definition) is 2. The molecular formula is C23H21NO5. The van der Waals surface area contributed by atoms with Crippen molar-refractivity contribution in [2.75, 3.05) is 20.1 Å². The topological polar surface area (TPSA) is 87.1 Å². The molecule has 2 aromatic rings. The smallest absolute Gasteiger partial charge is 0.328 e. The lowest BCUT2D eigenvalue weighted by Crippen LogP contribution is -2.20. The van der Waals surface area contributed by atoms with Crippen LogP contribution >= 0.6 is 0 Å². The Morgan fingerprint density at radius 1 is 1.03 bits per heavy atom. The Bertz CT molecular complexity index is 969. The normalized spacial score (nSPS) is 11.7. The minimum absolute atomic E-state index is 0.558. The number of ether oxygens (including phenoxy) is 1. The number of hydrogen-bond acceptors (Lipinski definition) is 4. The third kappa shape index (κ3) is 6.69. The van der Waals surface area contributed by atoms with Crippen LogP contribution in [-0.4, -0.2) is 47.2 Å². The number of carboxylic acids is 2. The minimum atomic E-state index is -1.26. The molecule has 0 aliphatic carbocycles. The fourth-order valence-corrected chi connectivity index (χ4v) is 2.67. The molecule has 3 rings (SSSR count). The van der Waals surface area contributed by atoms with E-state index in [0.29, 0.717) is 18.7 Å². The van der Waals surface area contributed by atoms with Gasteiger partial charge in [0, 0.05) is 29.8 Å². The van der Waals surface area contributed by atoms with Crippen molar-refractivity contribution in [3.05, 3.63) is 71.8 Å². The van der Waals surface area contributed by atoms with Crippen LogP contribution in [0.1, 0.15) is 11.1 Å². The summed E-state index contributed by atoms with van der Waals surface area (Å²) < 4.78 is 6.06. The third-order valence-corrected chi connectivity index (χ3v) is 3.87. The number of nitrogens with zero attached hydrogens (tertiary/aromatic N) is 1. The van der Waals surface area contributed by atoms with Gasteiger partial charge in [-0.2, -0.15) is 0 Å². The van der Waals surface area contributed by atoms with Crippen LogP contribution in [0.3, 0.4) is 0 Å². The molecule has 29 heavy (non-hydrogen) atoms. The summed E-state index contributed by atoms with van der Waals surface area (Å²) in [5.41, 5.74) is 3.43. The summed E-state index contributed by atoms with van der Waals surface area (Å²) in [6.45, 7) is 1.42. The first kappa shape index (κ1) is 21.5. The number of benzene rings is 2. The van der Waals surface area contributed by atoms with Gasteiger partial charge in [-0.3, -0.25) is 4.90 Å². The molecule has 6 nitrogen and oxygen atoms in total. The Kier molecular flexibility index (Phi) is 7.78. The van der Waals surface area contributed by atoms with E-state index in [0.717, 1.165) is 29.2 Å². The molecule has 0 radical (unpaired) electrons. The lowest BCUT2D eigenvalue weighted by atomic mass is 10.0. The van der Waals surface area contributed by atoms with Gasteiger partial charge in [0.25, 0.3) is 0 Å². The highest BCUT2D eigenvalue weighted by Gasteiger charge is 2.16. The highest BCUT2D eigenvalue weighted by atomic mass is 16.5. The molecule has 6 heteroatoms. The van der Waals surface area contributed by atoms with E-state index < -0.39 is 11.9 Å². The van der Waals surface area contributed by atoms with E-state index in [1.807, 2.05) is 43.4 Å². The molecule has 0 aromatic heterocycles. The van der Waals surface area contributed by atoms with Crippen molar-refractivity contribution in [3.63, 3.8) is 0 Å². The first-order chi connectivity index (χ1) is 13.9. The van der Waals surface area contributed by atoms with Gasteiger partial charge in [0.2, 0.25) is 0 Å². The Morgan fingerprint density at radius 2 is 1.62 bits per heavy atom. The molecule has 0 fully saturated rings. The highest BCUT2D eigenvalue weighted by molar-refractivity contribution is 5.89. The molecule has 0 saturated carbocycles. The summed E-state index contributed by atoms with van der Waals surface area (Å²) in [5.74, 6) is 1.95. The fraction of sp³-hybridized carbons (Fsp3) is 0.130. The molecule has 0 bridgehead atoms. The second-order valence-electron chi connectivity index (χ2n) is 6.19. The van der Waals surface area contributed by atoms with Crippen LogP contribution in [0, 0.1) is 12.3 Å². The van der Waals surface area contributed by atoms with Gasteiger partial charge in [-0.25, -0.2) is 9.59 Å². The maximum Gasteiger partial charge on any atom is 0.328 e. The number of likely N-dealkylation sites (N-methyl/N-ethyl adjacent to an activating group) is 1. The molecule has 1 heterocycles. The molecular weight excluding hydrogens is 370 g/mol. The van der Waals surface area contributed by atoms with Crippen LogP contribution in [0.5, 0.6) is 11.5 Å². The van der Waals surface area contributed by atoms with Gasteiger partial charge >= 0.3 is 11.9 Å². The van der Waals surface area contributed by atoms with E-state index in [1.165, 1.54) is 5.57 Å². The Labute approximate surface area is 169 Å². The molecule has 0 amide bonds. The van der Waals surface area contributed by atoms with Gasteiger partial charge in [0.1, 0.15) is 11.5 Å². The average molecular weight is 391 g/mol. The van der Waals surface area contributed by atoms with Gasteiger partial charge in [-0.1, -0.05) is 42.3 Å². The zero-order valence-corrected chi connectivity index (χ0v) is 15.9. The summed E-state index contributed by atoms with van der Waals surface area (Å²) in [6, 6.07) is 16.2. The van der Waals surface area contributed by atoms with E-state index in [4.69, 9.17) is 21.4 Å². The third-order valence-electron chi connectivity index (χ3n) is 3.87. The van der Waals surface area contributed by atoms with Crippen LogP contribution in [0.25, 0.3) is 11.6 Å². The monoisotopic (exact) mass is 391 g/mol. The summed E-state index contributed by atoms with van der Waals surface area (Å²) >= 11 is 0. The first-order valence-electron chi connectivity index (χ1n) is 8.73. The molecule has 0 spiro atoms. The predicted molar refractivity (Wildman–Crippen MR) is 112 cm³/mol. The lowest BCUT2D eigenvalue weighted by molar-refractivity contribution is -0.134. The van der Waals surface area contributed by atoms with Crippen LogP contribution in [0.4, 0.5) is 0 Å². The predicted octanol–water partition coefficient (Wildman–Crippen LogP) is 3.61. The van der Waals surface area contributed by atoms with Gasteiger partial charge in [0.15, 0.2) is 0 Å². The van der Waals surface area contributed by atoms with Crippen molar-refractivity contribution in [1.29, 1.82) is 0 Å². The highest BCUT2D eigenvalue weighted by Crippen LogP contribution is 2.37. The molecule has 0 unspecified atom stereocenters. The zero-order valence-electron chi connectivity index (χ0n) is 15.9. The Hall–Kier alpha value is -3.82. The summed E-state index contributed by atoms with van der Waals surface area (Å²) in [4.78, 5) is 21.2. The van der Waals surface area contributed by atoms with Gasteiger partial charge < -0.3 is 14.9 Å². The molecule has 2 N–H and O–H groups in total. The number of carbonyl (C=O) groups is 2. The molecule has 2 aromatic carbocycles. The van der Waals surface area contributed by atoms with E-state index in [9.17, 15) is 9.59 Å². The second kappa shape index (κ2) is 10.5. The van der Waals surface area contributed by atoms with Crippen LogP contribution in [0.2, 0.25) is 0 Å². The molecule has 0 saturated heterocycles. The lowest BCUT2D eigenvalue weighted by Gasteiger charge is -2.17. The van der Waals surface area contributed by atoms with Crippen LogP contribution in [0.15, 0.2) is 60.7 Å². The standard InChI is InChI=1S/C19H17NO.C4H4O4/c1-3-12-20(2)14-16-13-15-8-4-6-10-18(15)21-19-11-7-5-9-17(16)19;5-3(6)1-2-4(7)8/h1,4-11,13H,12,14H2,2H3;1-2H,(H,5,6)(H,7,8)/b;2-1-. The van der Waals surface area contributed by atoms with E-state index >= 15 is 0 Å². The van der Waals surface area contributed by atoms with E-state index in [1.54, 1.807) is 0 Å². The van der Waals surface area contributed by atoms with E-state index in [-0.39, 0.29) is 0 Å². The van der Waals surface area contributed by atoms with Crippen molar-refractivity contribution in [2.24, 2.45) is 0 Å². The fourth-order valence-electron chi connectivity index (χ4n) is 2.67. The Balaban J connectivity index is 0.000000321. The van der Waals surface area contributed by atoms with Crippen molar-refractivity contribution >= 4 is 23.6 Å². The summed E-state index contributed by atoms with van der Waals surface area (Å²) in [5, 5.41) is 15.6. The van der Waals surface area contributed by atoms with Crippen LogP contribution in [-0.2, 0) is 9.59 Å². The average Bonchev–Trinajstić information content (AvgIpc) is 2.83. The second-order valence-corrected chi connectivity index (χ2v) is 6.19. The number of terminal acetylenes is 1. The van der Waals surface area contributed by atoms with Gasteiger partial charge in [-0.15, -0.1) is 6.42 Å². The minimum Gasteiger partial charge on any atom is -0.478 e. The van der Waals surface area contributed by atoms with Crippen LogP contribution < -0.4 is 4.74 Å². The van der Waals surface area contributed by atoms with E-state index in [2.05, 4.69) is 29.0 Å². The molecule has 1 aliphatic rings. The molecule has 0 atom stereocenters. The van der Waals surface area contributed by atoms with Crippen molar-refractivity contribution in [2.45, 2.75) is 0 Å². The zero-order chi connectivity index (χ0) is 21.2. The quantitative estimate of drug-likeness (QED) is 0.598. The number of para-hydroxylation sites is 2.